The van der Waals surface area contributed by atoms with E-state index in [1.54, 1.807) is 23.6 Å². The van der Waals surface area contributed by atoms with Crippen molar-refractivity contribution in [2.45, 2.75) is 6.92 Å². The van der Waals surface area contributed by atoms with Gasteiger partial charge in [-0.3, -0.25) is 4.79 Å². The molecule has 1 heterocycles. The summed E-state index contributed by atoms with van der Waals surface area (Å²) in [5.41, 5.74) is 10.7. The molecule has 118 valence electrons. The van der Waals surface area contributed by atoms with Gasteiger partial charge in [-0.1, -0.05) is 29.3 Å². The molecule has 1 amide bonds. The van der Waals surface area contributed by atoms with Crippen molar-refractivity contribution in [3.63, 3.8) is 0 Å². The summed E-state index contributed by atoms with van der Waals surface area (Å²) in [7, 11) is 0. The van der Waals surface area contributed by atoms with E-state index in [1.807, 2.05) is 13.0 Å². The Morgan fingerprint density at radius 3 is 2.45 bits per heavy atom. The van der Waals surface area contributed by atoms with Gasteiger partial charge in [0.1, 0.15) is 5.69 Å². The summed E-state index contributed by atoms with van der Waals surface area (Å²) in [5, 5.41) is 5.96. The topological polar surface area (TPSA) is 106 Å². The molecule has 0 aliphatic heterocycles. The number of nitrogens with zero attached hydrogens (tertiary/aromatic N) is 2. The summed E-state index contributed by atoms with van der Waals surface area (Å²) < 4.78 is 0. The molecule has 0 radical (unpaired) electrons. The molecule has 9 heteroatoms. The van der Waals surface area contributed by atoms with Gasteiger partial charge in [0, 0.05) is 22.0 Å². The van der Waals surface area contributed by atoms with Crippen molar-refractivity contribution in [2.75, 3.05) is 6.54 Å². The molecule has 6 nitrogen and oxygen atoms in total. The van der Waals surface area contributed by atoms with E-state index in [-0.39, 0.29) is 11.9 Å². The number of nitrogens with two attached hydrogens (primary N) is 2. The first-order valence-corrected chi connectivity index (χ1v) is 7.80. The zero-order chi connectivity index (χ0) is 16.5. The Kier molecular flexibility index (Phi) is 7.65. The minimum atomic E-state index is -0.221. The average Bonchev–Trinajstić information content (AvgIpc) is 2.87. The molecule has 0 unspecified atom stereocenters. The molecule has 0 aliphatic carbocycles. The minimum absolute atomic E-state index is 0.0678. The smallest absolute Gasteiger partial charge is 0.270 e. The zero-order valence-corrected chi connectivity index (χ0v) is 14.0. The van der Waals surface area contributed by atoms with E-state index in [0.29, 0.717) is 27.4 Å². The van der Waals surface area contributed by atoms with Crippen LogP contribution in [0.4, 0.5) is 5.13 Å². The zero-order valence-electron chi connectivity index (χ0n) is 11.7. The number of nitrogens with one attached hydrogen (secondary N) is 1. The quantitative estimate of drug-likeness (QED) is 0.578. The van der Waals surface area contributed by atoms with Gasteiger partial charge in [0.15, 0.2) is 5.96 Å². The first-order chi connectivity index (χ1) is 10.4. The Bertz CT molecular complexity index is 638. The Labute approximate surface area is 142 Å². The van der Waals surface area contributed by atoms with Crippen molar-refractivity contribution in [3.05, 3.63) is 45.4 Å². The van der Waals surface area contributed by atoms with Crippen molar-refractivity contribution in [1.29, 1.82) is 0 Å². The Balaban J connectivity index is 0.000000255. The highest BCUT2D eigenvalue weighted by atomic mass is 35.5. The third-order valence-electron chi connectivity index (χ3n) is 2.07. The predicted molar refractivity (Wildman–Crippen MR) is 92.1 cm³/mol. The maximum atomic E-state index is 11.3. The minimum Gasteiger partial charge on any atom is -0.370 e. The van der Waals surface area contributed by atoms with Gasteiger partial charge in [0.25, 0.3) is 5.91 Å². The molecule has 5 N–H and O–H groups in total. The highest BCUT2D eigenvalue weighted by Crippen LogP contribution is 2.18. The number of hydrogen-bond acceptors (Lipinski definition) is 4. The molecule has 0 saturated carbocycles. The maximum absolute atomic E-state index is 11.3. The van der Waals surface area contributed by atoms with Gasteiger partial charge in [0.2, 0.25) is 5.13 Å². The normalized spacial score (nSPS) is 9.41. The number of carbonyl (C=O) groups is 1. The third-order valence-corrected chi connectivity index (χ3v) is 3.28. The summed E-state index contributed by atoms with van der Waals surface area (Å²) in [5.74, 6) is -0.289. The van der Waals surface area contributed by atoms with Crippen LogP contribution in [-0.4, -0.2) is 23.4 Å². The number of carbonyl (C=O) groups excluding carboxylic acids is 1. The van der Waals surface area contributed by atoms with E-state index in [0.717, 1.165) is 0 Å². The number of aromatic nitrogens is 1. The Morgan fingerprint density at radius 1 is 1.36 bits per heavy atom. The van der Waals surface area contributed by atoms with Crippen LogP contribution in [0, 0.1) is 0 Å². The van der Waals surface area contributed by atoms with Crippen LogP contribution in [0.25, 0.3) is 0 Å². The lowest BCUT2D eigenvalue weighted by molar-refractivity contribution is 0.0951. The fourth-order valence-electron chi connectivity index (χ4n) is 1.24. The lowest BCUT2D eigenvalue weighted by Crippen LogP contribution is -2.23. The number of amides is 1. The van der Waals surface area contributed by atoms with Gasteiger partial charge in [-0.25, -0.2) is 4.98 Å². The van der Waals surface area contributed by atoms with Crippen LogP contribution in [0.5, 0.6) is 0 Å². The van der Waals surface area contributed by atoms with E-state index < -0.39 is 0 Å². The SMILES string of the molecule is CCNC(=O)c1csc(N=C(N)N)n1.Clc1cccc(Cl)c1. The Morgan fingerprint density at radius 2 is 2.00 bits per heavy atom. The molecule has 0 spiro atoms. The molecule has 22 heavy (non-hydrogen) atoms. The highest BCUT2D eigenvalue weighted by molar-refractivity contribution is 7.13. The molecule has 0 atom stereocenters. The van der Waals surface area contributed by atoms with Gasteiger partial charge in [-0.2, -0.15) is 4.99 Å². The van der Waals surface area contributed by atoms with Crippen LogP contribution in [0.1, 0.15) is 17.4 Å². The van der Waals surface area contributed by atoms with Crippen LogP contribution in [0.2, 0.25) is 10.0 Å². The fraction of sp³-hybridized carbons (Fsp3) is 0.154. The van der Waals surface area contributed by atoms with Crippen LogP contribution in [0.15, 0.2) is 34.6 Å². The lowest BCUT2D eigenvalue weighted by atomic mass is 10.4. The monoisotopic (exact) mass is 359 g/mol. The van der Waals surface area contributed by atoms with Crippen LogP contribution >= 0.6 is 34.5 Å². The van der Waals surface area contributed by atoms with E-state index in [9.17, 15) is 4.79 Å². The van der Waals surface area contributed by atoms with Crippen LogP contribution in [-0.2, 0) is 0 Å². The number of thiazole rings is 1. The van der Waals surface area contributed by atoms with E-state index in [2.05, 4.69) is 15.3 Å². The number of aliphatic imine (C=N–C) groups is 1. The van der Waals surface area contributed by atoms with Crippen LogP contribution in [0.3, 0.4) is 0 Å². The summed E-state index contributed by atoms with van der Waals surface area (Å²) in [4.78, 5) is 18.9. The highest BCUT2D eigenvalue weighted by Gasteiger charge is 2.08. The fourth-order valence-corrected chi connectivity index (χ4v) is 2.36. The first kappa shape index (κ1) is 18.2. The summed E-state index contributed by atoms with van der Waals surface area (Å²) >= 11 is 12.3. The molecular formula is C13H15Cl2N5OS. The number of rotatable bonds is 3. The van der Waals surface area contributed by atoms with Gasteiger partial charge >= 0.3 is 0 Å². The maximum Gasteiger partial charge on any atom is 0.270 e. The third kappa shape index (κ3) is 6.75. The average molecular weight is 360 g/mol. The van der Waals surface area contributed by atoms with Gasteiger partial charge in [0.05, 0.1) is 0 Å². The van der Waals surface area contributed by atoms with Crippen molar-refractivity contribution in [2.24, 2.45) is 16.5 Å². The second kappa shape index (κ2) is 9.24. The molecule has 2 aromatic rings. The van der Waals surface area contributed by atoms with Gasteiger partial charge in [-0.05, 0) is 25.1 Å². The number of benzene rings is 1. The molecule has 1 aromatic heterocycles. The number of hydrogen-bond donors (Lipinski definition) is 3. The summed E-state index contributed by atoms with van der Waals surface area (Å²) in [6.45, 7) is 2.40. The van der Waals surface area contributed by atoms with Crippen molar-refractivity contribution in [3.8, 4) is 0 Å². The predicted octanol–water partition coefficient (Wildman–Crippen LogP) is 2.79. The van der Waals surface area contributed by atoms with Crippen molar-refractivity contribution in [1.82, 2.24) is 10.3 Å². The molecule has 2 rings (SSSR count). The van der Waals surface area contributed by atoms with Gasteiger partial charge in [-0.15, -0.1) is 11.3 Å². The lowest BCUT2D eigenvalue weighted by Gasteiger charge is -1.95. The molecule has 1 aromatic carbocycles. The van der Waals surface area contributed by atoms with Crippen molar-refractivity contribution >= 4 is 51.5 Å². The van der Waals surface area contributed by atoms with Gasteiger partial charge < -0.3 is 16.8 Å². The number of halogens is 2. The number of guanidine groups is 1. The van der Waals surface area contributed by atoms with E-state index >= 15 is 0 Å². The molecular weight excluding hydrogens is 345 g/mol. The second-order valence-electron chi connectivity index (χ2n) is 3.85. The summed E-state index contributed by atoms with van der Waals surface area (Å²) in [6, 6.07) is 7.08. The van der Waals surface area contributed by atoms with Crippen LogP contribution < -0.4 is 16.8 Å². The largest absolute Gasteiger partial charge is 0.370 e. The van der Waals surface area contributed by atoms with E-state index in [4.69, 9.17) is 34.7 Å². The molecule has 0 fully saturated rings. The Hall–Kier alpha value is -1.83. The molecule has 0 aliphatic rings. The first-order valence-electron chi connectivity index (χ1n) is 6.16. The van der Waals surface area contributed by atoms with E-state index in [1.165, 1.54) is 11.3 Å². The molecule has 0 saturated heterocycles. The standard InChI is InChI=1S/C7H11N5OS.C6H4Cl2/c1-2-10-5(13)4-3-14-7(11-4)12-6(8)9;7-5-2-1-3-6(8)4-5/h3H,2H2,1H3,(H,10,13)(H4,8,9,11,12);1-4H. The summed E-state index contributed by atoms with van der Waals surface area (Å²) in [6.07, 6.45) is 0. The molecule has 0 bridgehead atoms. The second-order valence-corrected chi connectivity index (χ2v) is 5.56. The van der Waals surface area contributed by atoms with Crippen molar-refractivity contribution < 1.29 is 4.79 Å².